The minimum absolute atomic E-state index is 0.0367. The van der Waals surface area contributed by atoms with Crippen molar-refractivity contribution in [1.29, 1.82) is 0 Å². The largest absolute Gasteiger partial charge is 0.398 e. The van der Waals surface area contributed by atoms with Gasteiger partial charge in [-0.15, -0.1) is 0 Å². The Morgan fingerprint density at radius 2 is 1.83 bits per heavy atom. The number of nitrogens with one attached hydrogen (secondary N) is 2. The number of carbonyl (C=O) groups excluding carboxylic acids is 1. The smallest absolute Gasteiger partial charge is 0.258 e. The Balaban J connectivity index is 1.66. The van der Waals surface area contributed by atoms with Crippen LogP contribution in [0.1, 0.15) is 35.5 Å². The minimum atomic E-state index is -4.24. The van der Waals surface area contributed by atoms with Crippen molar-refractivity contribution in [3.63, 3.8) is 0 Å². The molecule has 0 saturated heterocycles. The summed E-state index contributed by atoms with van der Waals surface area (Å²) < 4.78 is 55.1. The van der Waals surface area contributed by atoms with Crippen LogP contribution in [0.15, 0.2) is 41.3 Å². The van der Waals surface area contributed by atoms with Crippen LogP contribution in [0, 0.1) is 11.6 Å². The van der Waals surface area contributed by atoms with Crippen LogP contribution in [0.25, 0.3) is 0 Å². The van der Waals surface area contributed by atoms with Crippen LogP contribution in [0.5, 0.6) is 0 Å². The molecule has 2 heterocycles. The number of aromatic amines is 1. The van der Waals surface area contributed by atoms with Crippen molar-refractivity contribution in [3.8, 4) is 0 Å². The minimum Gasteiger partial charge on any atom is -0.398 e. The first kappa shape index (κ1) is 24.6. The summed E-state index contributed by atoms with van der Waals surface area (Å²) in [5, 5.41) is 9.81. The maximum absolute atomic E-state index is 13.7. The molecule has 0 saturated carbocycles. The van der Waals surface area contributed by atoms with Crippen molar-refractivity contribution in [3.05, 3.63) is 64.9 Å². The van der Waals surface area contributed by atoms with Gasteiger partial charge in [-0.05, 0) is 30.3 Å². The van der Waals surface area contributed by atoms with Gasteiger partial charge in [0.15, 0.2) is 5.82 Å². The molecular formula is C23H26F2N6O3S. The van der Waals surface area contributed by atoms with Gasteiger partial charge < -0.3 is 16.0 Å². The Kier molecular flexibility index (Phi) is 6.05. The molecule has 35 heavy (non-hydrogen) atoms. The number of hydrogen-bond acceptors (Lipinski definition) is 6. The summed E-state index contributed by atoms with van der Waals surface area (Å²) in [5.74, 6) is -2.34. The van der Waals surface area contributed by atoms with Crippen molar-refractivity contribution in [2.75, 3.05) is 36.6 Å². The molecule has 1 aromatic heterocycles. The van der Waals surface area contributed by atoms with E-state index < -0.39 is 37.9 Å². The van der Waals surface area contributed by atoms with E-state index in [2.05, 4.69) is 15.5 Å². The highest BCUT2D eigenvalue weighted by Gasteiger charge is 2.41. The maximum Gasteiger partial charge on any atom is 0.258 e. The molecule has 1 aliphatic rings. The molecule has 0 aliphatic carbocycles. The monoisotopic (exact) mass is 504 g/mol. The summed E-state index contributed by atoms with van der Waals surface area (Å²) in [7, 11) is -0.538. The second-order valence-corrected chi connectivity index (χ2v) is 11.2. The summed E-state index contributed by atoms with van der Waals surface area (Å²) in [4.78, 5) is 14.3. The molecule has 3 aromatic rings. The molecule has 12 heteroatoms. The van der Waals surface area contributed by atoms with Crippen molar-refractivity contribution >= 4 is 33.1 Å². The molecule has 4 rings (SSSR count). The molecule has 0 unspecified atom stereocenters. The van der Waals surface area contributed by atoms with E-state index in [0.29, 0.717) is 17.3 Å². The Hall–Kier alpha value is -3.51. The number of carbonyl (C=O) groups is 1. The van der Waals surface area contributed by atoms with E-state index in [4.69, 9.17) is 5.73 Å². The lowest BCUT2D eigenvalue weighted by Gasteiger charge is -2.36. The summed E-state index contributed by atoms with van der Waals surface area (Å²) in [5.41, 5.74) is 7.79. The zero-order chi connectivity index (χ0) is 25.7. The van der Waals surface area contributed by atoms with Gasteiger partial charge in [0, 0.05) is 61.3 Å². The zero-order valence-corrected chi connectivity index (χ0v) is 20.5. The van der Waals surface area contributed by atoms with Crippen LogP contribution in [0.4, 0.5) is 26.0 Å². The molecule has 0 spiro atoms. The van der Waals surface area contributed by atoms with E-state index in [0.717, 1.165) is 22.1 Å². The fourth-order valence-electron chi connectivity index (χ4n) is 4.14. The molecule has 2 aromatic carbocycles. The van der Waals surface area contributed by atoms with E-state index in [1.807, 2.05) is 19.0 Å². The Labute approximate surface area is 202 Å². The number of halogens is 2. The number of sulfonamides is 1. The third-order valence-corrected chi connectivity index (χ3v) is 7.72. The molecule has 186 valence electrons. The van der Waals surface area contributed by atoms with Crippen LogP contribution >= 0.6 is 0 Å². The van der Waals surface area contributed by atoms with E-state index in [1.54, 1.807) is 32.0 Å². The molecule has 9 nitrogen and oxygen atoms in total. The quantitative estimate of drug-likeness (QED) is 0.459. The topological polar surface area (TPSA) is 124 Å². The van der Waals surface area contributed by atoms with Crippen LogP contribution in [-0.4, -0.2) is 49.5 Å². The summed E-state index contributed by atoms with van der Waals surface area (Å²) >= 11 is 0. The fourth-order valence-corrected chi connectivity index (χ4v) is 5.75. The van der Waals surface area contributed by atoms with Gasteiger partial charge in [-0.2, -0.15) is 9.40 Å². The van der Waals surface area contributed by atoms with Crippen LogP contribution in [-0.2, 0) is 22.0 Å². The predicted molar refractivity (Wildman–Crippen MR) is 129 cm³/mol. The highest BCUT2D eigenvalue weighted by atomic mass is 32.2. The van der Waals surface area contributed by atoms with Crippen molar-refractivity contribution in [2.45, 2.75) is 30.7 Å². The number of fused-ring (bicyclic) bond motifs is 1. The highest BCUT2D eigenvalue weighted by molar-refractivity contribution is 7.89. The maximum atomic E-state index is 13.7. The second-order valence-electron chi connectivity index (χ2n) is 9.31. The Morgan fingerprint density at radius 3 is 2.43 bits per heavy atom. The summed E-state index contributed by atoms with van der Waals surface area (Å²) in [6.45, 7) is 3.50. The SMILES string of the molecule is CN(C)c1ccc(C(=O)Nc2n[nH]c3c2CN(S(=O)(=O)c2cc(F)cc(F)c2)CC3(C)C)c(N)c1. The number of benzene rings is 2. The van der Waals surface area contributed by atoms with E-state index in [-0.39, 0.29) is 30.2 Å². The van der Waals surface area contributed by atoms with Gasteiger partial charge in [-0.25, -0.2) is 17.2 Å². The first-order valence-corrected chi connectivity index (χ1v) is 12.2. The van der Waals surface area contributed by atoms with Gasteiger partial charge in [-0.3, -0.25) is 9.89 Å². The van der Waals surface area contributed by atoms with Gasteiger partial charge >= 0.3 is 0 Å². The Morgan fingerprint density at radius 1 is 1.17 bits per heavy atom. The molecule has 0 fully saturated rings. The normalized spacial score (nSPS) is 15.5. The molecule has 1 amide bonds. The number of anilines is 3. The van der Waals surface area contributed by atoms with Crippen LogP contribution in [0.3, 0.4) is 0 Å². The first-order valence-electron chi connectivity index (χ1n) is 10.7. The average Bonchev–Trinajstić information content (AvgIpc) is 3.16. The lowest BCUT2D eigenvalue weighted by molar-refractivity contribution is 0.102. The molecule has 0 radical (unpaired) electrons. The van der Waals surface area contributed by atoms with Gasteiger partial charge in [0.05, 0.1) is 10.5 Å². The number of hydrogen-bond donors (Lipinski definition) is 3. The van der Waals surface area contributed by atoms with Crippen molar-refractivity contribution < 1.29 is 22.0 Å². The third kappa shape index (κ3) is 4.58. The number of aromatic nitrogens is 2. The number of nitrogen functional groups attached to an aromatic ring is 1. The predicted octanol–water partition coefficient (Wildman–Crippen LogP) is 3.07. The van der Waals surface area contributed by atoms with Gasteiger partial charge in [0.1, 0.15) is 11.6 Å². The molecule has 4 N–H and O–H groups in total. The molecule has 0 atom stereocenters. The lowest BCUT2D eigenvalue weighted by Crippen LogP contribution is -2.45. The highest BCUT2D eigenvalue weighted by Crippen LogP contribution is 2.38. The van der Waals surface area contributed by atoms with Crippen LogP contribution < -0.4 is 16.0 Å². The number of nitrogens with zero attached hydrogens (tertiary/aromatic N) is 3. The Bertz CT molecular complexity index is 1400. The lowest BCUT2D eigenvalue weighted by atomic mass is 9.84. The van der Waals surface area contributed by atoms with E-state index in [1.165, 1.54) is 0 Å². The number of rotatable bonds is 5. The second kappa shape index (κ2) is 8.61. The van der Waals surface area contributed by atoms with Gasteiger partial charge in [0.2, 0.25) is 10.0 Å². The standard InChI is InChI=1S/C23H26F2N6O3S/c1-23(2)12-31(35(33,34)16-8-13(24)7-14(25)9-16)11-18-20(23)28-29-21(18)27-22(32)17-6-5-15(30(3)4)10-19(17)26/h5-10H,11-12,26H2,1-4H3,(H2,27,28,29,32). The van der Waals surface area contributed by atoms with Crippen molar-refractivity contribution in [2.24, 2.45) is 0 Å². The number of amides is 1. The average molecular weight is 505 g/mol. The van der Waals surface area contributed by atoms with Crippen LogP contribution in [0.2, 0.25) is 0 Å². The van der Waals surface area contributed by atoms with Gasteiger partial charge in [-0.1, -0.05) is 13.8 Å². The van der Waals surface area contributed by atoms with Gasteiger partial charge in [0.25, 0.3) is 5.91 Å². The van der Waals surface area contributed by atoms with E-state index in [9.17, 15) is 22.0 Å². The van der Waals surface area contributed by atoms with Crippen molar-refractivity contribution in [1.82, 2.24) is 14.5 Å². The summed E-state index contributed by atoms with van der Waals surface area (Å²) in [6, 6.07) is 7.18. The first-order chi connectivity index (χ1) is 16.3. The molecule has 1 aliphatic heterocycles. The molecular weight excluding hydrogens is 478 g/mol. The fraction of sp³-hybridized carbons (Fsp3) is 0.304. The number of nitrogens with two attached hydrogens (primary N) is 1. The summed E-state index contributed by atoms with van der Waals surface area (Å²) in [6.07, 6.45) is 0. The zero-order valence-electron chi connectivity index (χ0n) is 19.7. The third-order valence-electron chi connectivity index (χ3n) is 5.95. The van der Waals surface area contributed by atoms with E-state index >= 15 is 0 Å². The number of H-pyrrole nitrogens is 1. The molecule has 0 bridgehead atoms.